The van der Waals surface area contributed by atoms with Crippen molar-refractivity contribution in [2.45, 2.75) is 13.8 Å². The highest BCUT2D eigenvalue weighted by atomic mass is 19.1. The number of anilines is 2. The highest BCUT2D eigenvalue weighted by molar-refractivity contribution is 6.13. The Kier molecular flexibility index (Phi) is 4.43. The highest BCUT2D eigenvalue weighted by Gasteiger charge is 2.15. The van der Waals surface area contributed by atoms with E-state index in [0.29, 0.717) is 16.8 Å². The summed E-state index contributed by atoms with van der Waals surface area (Å²) >= 11 is 0. The molecule has 0 spiro atoms. The maximum atomic E-state index is 13.3. The molecule has 120 valence electrons. The van der Waals surface area contributed by atoms with E-state index in [1.165, 1.54) is 12.1 Å². The fourth-order valence-electron chi connectivity index (χ4n) is 2.68. The Morgan fingerprint density at radius 3 is 2.17 bits per heavy atom. The van der Waals surface area contributed by atoms with Gasteiger partial charge in [0.2, 0.25) is 0 Å². The number of benzene rings is 3. The average molecular weight is 319 g/mol. The number of aryl methyl sites for hydroxylation is 2. The quantitative estimate of drug-likeness (QED) is 0.651. The smallest absolute Gasteiger partial charge is 0.195 e. The fourth-order valence-corrected chi connectivity index (χ4v) is 2.68. The van der Waals surface area contributed by atoms with Gasteiger partial charge in [-0.3, -0.25) is 4.79 Å². The zero-order valence-corrected chi connectivity index (χ0v) is 13.6. The molecule has 0 bridgehead atoms. The van der Waals surface area contributed by atoms with Gasteiger partial charge in [0.05, 0.1) is 0 Å². The van der Waals surface area contributed by atoms with E-state index in [4.69, 9.17) is 0 Å². The van der Waals surface area contributed by atoms with Crippen LogP contribution in [0.2, 0.25) is 0 Å². The van der Waals surface area contributed by atoms with Gasteiger partial charge in [-0.25, -0.2) is 4.39 Å². The number of hydrogen-bond donors (Lipinski definition) is 1. The van der Waals surface area contributed by atoms with Gasteiger partial charge in [0.25, 0.3) is 0 Å². The molecule has 0 fully saturated rings. The minimum atomic E-state index is -0.276. The van der Waals surface area contributed by atoms with Crippen LogP contribution in [-0.4, -0.2) is 5.78 Å². The maximum Gasteiger partial charge on any atom is 0.195 e. The second-order valence-electron chi connectivity index (χ2n) is 5.77. The zero-order chi connectivity index (χ0) is 17.1. The SMILES string of the molecule is Cc1cc(F)ccc1Nc1ccccc1C(=O)c1ccccc1C. The molecule has 0 radical (unpaired) electrons. The van der Waals surface area contributed by atoms with E-state index in [9.17, 15) is 9.18 Å². The Balaban J connectivity index is 1.99. The molecular formula is C21H18FNO. The van der Waals surface area contributed by atoms with E-state index in [0.717, 1.165) is 16.8 Å². The highest BCUT2D eigenvalue weighted by Crippen LogP contribution is 2.26. The Bertz CT molecular complexity index is 902. The summed E-state index contributed by atoms with van der Waals surface area (Å²) in [6, 6.07) is 19.5. The third-order valence-corrected chi connectivity index (χ3v) is 4.02. The van der Waals surface area contributed by atoms with Gasteiger partial charge in [0.1, 0.15) is 5.82 Å². The Labute approximate surface area is 141 Å². The number of halogens is 1. The second-order valence-corrected chi connectivity index (χ2v) is 5.77. The number of para-hydroxylation sites is 1. The Hall–Kier alpha value is -2.94. The molecule has 0 aliphatic heterocycles. The van der Waals surface area contributed by atoms with E-state index in [2.05, 4.69) is 5.32 Å². The molecule has 0 aliphatic rings. The first kappa shape index (κ1) is 15.9. The van der Waals surface area contributed by atoms with Crippen molar-refractivity contribution >= 4 is 17.2 Å². The van der Waals surface area contributed by atoms with Crippen LogP contribution in [0.5, 0.6) is 0 Å². The number of rotatable bonds is 4. The molecule has 3 heteroatoms. The van der Waals surface area contributed by atoms with Crippen molar-refractivity contribution < 1.29 is 9.18 Å². The lowest BCUT2D eigenvalue weighted by atomic mass is 9.98. The van der Waals surface area contributed by atoms with Crippen LogP contribution < -0.4 is 5.32 Å². The van der Waals surface area contributed by atoms with Crippen molar-refractivity contribution in [2.75, 3.05) is 5.32 Å². The first-order valence-electron chi connectivity index (χ1n) is 7.79. The van der Waals surface area contributed by atoms with E-state index in [1.807, 2.05) is 56.3 Å². The Morgan fingerprint density at radius 2 is 1.46 bits per heavy atom. The molecular weight excluding hydrogens is 301 g/mol. The molecule has 3 aromatic rings. The molecule has 0 saturated heterocycles. The summed E-state index contributed by atoms with van der Waals surface area (Å²) in [6.07, 6.45) is 0. The number of hydrogen-bond acceptors (Lipinski definition) is 2. The minimum Gasteiger partial charge on any atom is -0.355 e. The summed E-state index contributed by atoms with van der Waals surface area (Å²) in [4.78, 5) is 12.9. The molecule has 0 aromatic heterocycles. The summed E-state index contributed by atoms with van der Waals surface area (Å²) in [5.41, 5.74) is 4.49. The third kappa shape index (κ3) is 3.20. The summed E-state index contributed by atoms with van der Waals surface area (Å²) in [6.45, 7) is 3.75. The minimum absolute atomic E-state index is 0.0315. The van der Waals surface area contributed by atoms with Crippen LogP contribution in [-0.2, 0) is 0 Å². The fraction of sp³-hybridized carbons (Fsp3) is 0.0952. The van der Waals surface area contributed by atoms with Gasteiger partial charge in [-0.2, -0.15) is 0 Å². The molecule has 3 aromatic carbocycles. The molecule has 0 amide bonds. The predicted molar refractivity (Wildman–Crippen MR) is 95.5 cm³/mol. The van der Waals surface area contributed by atoms with Gasteiger partial charge in [0, 0.05) is 22.5 Å². The summed E-state index contributed by atoms with van der Waals surface area (Å²) in [5, 5.41) is 3.25. The van der Waals surface area contributed by atoms with Crippen molar-refractivity contribution in [3.05, 3.63) is 94.8 Å². The van der Waals surface area contributed by atoms with Crippen molar-refractivity contribution in [3.63, 3.8) is 0 Å². The number of ketones is 1. The maximum absolute atomic E-state index is 13.3. The second kappa shape index (κ2) is 6.67. The van der Waals surface area contributed by atoms with Crippen LogP contribution >= 0.6 is 0 Å². The molecule has 3 rings (SSSR count). The molecule has 0 heterocycles. The van der Waals surface area contributed by atoms with Crippen molar-refractivity contribution in [3.8, 4) is 0 Å². The van der Waals surface area contributed by atoms with E-state index in [-0.39, 0.29) is 11.6 Å². The lowest BCUT2D eigenvalue weighted by molar-refractivity contribution is 0.103. The average Bonchev–Trinajstić information content (AvgIpc) is 2.58. The Morgan fingerprint density at radius 1 is 0.792 bits per heavy atom. The van der Waals surface area contributed by atoms with Gasteiger partial charge in [-0.05, 0) is 55.3 Å². The first-order valence-corrected chi connectivity index (χ1v) is 7.79. The lowest BCUT2D eigenvalue weighted by Gasteiger charge is -2.14. The number of nitrogens with one attached hydrogen (secondary N) is 1. The molecule has 2 nitrogen and oxygen atoms in total. The van der Waals surface area contributed by atoms with Crippen molar-refractivity contribution in [1.82, 2.24) is 0 Å². The van der Waals surface area contributed by atoms with Gasteiger partial charge in [-0.1, -0.05) is 36.4 Å². The number of carbonyl (C=O) groups is 1. The third-order valence-electron chi connectivity index (χ3n) is 4.02. The summed E-state index contributed by atoms with van der Waals surface area (Å²) in [5.74, 6) is -0.307. The molecule has 0 unspecified atom stereocenters. The largest absolute Gasteiger partial charge is 0.355 e. The topological polar surface area (TPSA) is 29.1 Å². The van der Waals surface area contributed by atoms with Crippen LogP contribution in [0.3, 0.4) is 0 Å². The van der Waals surface area contributed by atoms with E-state index >= 15 is 0 Å². The van der Waals surface area contributed by atoms with Crippen LogP contribution in [0.25, 0.3) is 0 Å². The first-order chi connectivity index (χ1) is 11.6. The van der Waals surface area contributed by atoms with Gasteiger partial charge in [-0.15, -0.1) is 0 Å². The molecule has 1 N–H and O–H groups in total. The van der Waals surface area contributed by atoms with Crippen molar-refractivity contribution in [2.24, 2.45) is 0 Å². The van der Waals surface area contributed by atoms with Gasteiger partial charge in [0.15, 0.2) is 5.78 Å². The molecule has 0 aliphatic carbocycles. The van der Waals surface area contributed by atoms with E-state index < -0.39 is 0 Å². The predicted octanol–water partition coefficient (Wildman–Crippen LogP) is 5.42. The van der Waals surface area contributed by atoms with Crippen molar-refractivity contribution in [1.29, 1.82) is 0 Å². The lowest BCUT2D eigenvalue weighted by Crippen LogP contribution is -2.07. The summed E-state index contributed by atoms with van der Waals surface area (Å²) in [7, 11) is 0. The van der Waals surface area contributed by atoms with E-state index in [1.54, 1.807) is 12.1 Å². The molecule has 0 atom stereocenters. The summed E-state index contributed by atoms with van der Waals surface area (Å²) < 4.78 is 13.3. The normalized spacial score (nSPS) is 10.5. The molecule has 24 heavy (non-hydrogen) atoms. The van der Waals surface area contributed by atoms with Crippen LogP contribution in [0.4, 0.5) is 15.8 Å². The van der Waals surface area contributed by atoms with Gasteiger partial charge < -0.3 is 5.32 Å². The number of carbonyl (C=O) groups excluding carboxylic acids is 1. The molecule has 0 saturated carbocycles. The monoisotopic (exact) mass is 319 g/mol. The van der Waals surface area contributed by atoms with Crippen LogP contribution in [0.15, 0.2) is 66.7 Å². The van der Waals surface area contributed by atoms with Crippen LogP contribution in [0.1, 0.15) is 27.0 Å². The van der Waals surface area contributed by atoms with Gasteiger partial charge >= 0.3 is 0 Å². The standard InChI is InChI=1S/C21H18FNO/c1-14-7-3-4-8-17(14)21(24)18-9-5-6-10-20(18)23-19-12-11-16(22)13-15(19)2/h3-13,23H,1-2H3. The zero-order valence-electron chi connectivity index (χ0n) is 13.6. The van der Waals surface area contributed by atoms with Crippen LogP contribution in [0, 0.1) is 19.7 Å².